The van der Waals surface area contributed by atoms with Gasteiger partial charge in [0.15, 0.2) is 11.5 Å². The summed E-state index contributed by atoms with van der Waals surface area (Å²) in [6.07, 6.45) is 1.83. The fourth-order valence-electron chi connectivity index (χ4n) is 3.57. The van der Waals surface area contributed by atoms with Crippen LogP contribution in [-0.2, 0) is 4.79 Å². The molecule has 0 saturated carbocycles. The number of anilines is 1. The first-order valence-corrected chi connectivity index (χ1v) is 9.71. The molecule has 146 valence electrons. The molecule has 7 heteroatoms. The molecule has 0 aliphatic carbocycles. The minimum atomic E-state index is -0.0825. The van der Waals surface area contributed by atoms with Crippen LogP contribution in [0.1, 0.15) is 24.7 Å². The van der Waals surface area contributed by atoms with Gasteiger partial charge in [0.1, 0.15) is 11.3 Å². The number of nitrogens with one attached hydrogen (secondary N) is 1. The smallest absolute Gasteiger partial charge is 0.238 e. The van der Waals surface area contributed by atoms with Gasteiger partial charge < -0.3 is 14.5 Å². The second-order valence-electron chi connectivity index (χ2n) is 6.96. The highest BCUT2D eigenvalue weighted by molar-refractivity contribution is 6.31. The van der Waals surface area contributed by atoms with Crippen LogP contribution in [0.5, 0.6) is 5.75 Å². The number of carbonyl (C=O) groups excluding carboxylic acids is 1. The lowest BCUT2D eigenvalue weighted by Crippen LogP contribution is -2.38. The van der Waals surface area contributed by atoms with Crippen molar-refractivity contribution in [2.75, 3.05) is 32.1 Å². The molecule has 1 saturated heterocycles. The molecule has 1 fully saturated rings. The van der Waals surface area contributed by atoms with Crippen LogP contribution in [0.2, 0.25) is 5.02 Å². The molecule has 1 N–H and O–H groups in total. The van der Waals surface area contributed by atoms with Gasteiger partial charge in [-0.15, -0.1) is 0 Å². The van der Waals surface area contributed by atoms with Crippen molar-refractivity contribution in [2.24, 2.45) is 0 Å². The van der Waals surface area contributed by atoms with Gasteiger partial charge in [-0.05, 0) is 56.3 Å². The fraction of sp³-hybridized carbons (Fsp3) is 0.333. The molecule has 1 aliphatic heterocycles. The van der Waals surface area contributed by atoms with E-state index in [9.17, 15) is 4.79 Å². The summed E-state index contributed by atoms with van der Waals surface area (Å²) in [7, 11) is 1.57. The normalized spacial score (nSPS) is 15.6. The number of benzene rings is 2. The Labute approximate surface area is 168 Å². The van der Waals surface area contributed by atoms with E-state index < -0.39 is 0 Å². The first-order chi connectivity index (χ1) is 13.6. The molecule has 0 unspecified atom stereocenters. The van der Waals surface area contributed by atoms with E-state index in [0.29, 0.717) is 28.9 Å². The third-order valence-electron chi connectivity index (χ3n) is 5.05. The predicted octanol–water partition coefficient (Wildman–Crippen LogP) is 4.31. The summed E-state index contributed by atoms with van der Waals surface area (Å²) in [5, 5.41) is 3.44. The minimum Gasteiger partial charge on any atom is -0.495 e. The third kappa shape index (κ3) is 4.13. The van der Waals surface area contributed by atoms with Gasteiger partial charge in [-0.25, -0.2) is 4.98 Å². The number of nitrogens with zero attached hydrogens (tertiary/aromatic N) is 2. The Bertz CT molecular complexity index is 947. The van der Waals surface area contributed by atoms with E-state index in [1.807, 2.05) is 24.3 Å². The zero-order chi connectivity index (χ0) is 19.5. The van der Waals surface area contributed by atoms with Gasteiger partial charge in [-0.3, -0.25) is 9.69 Å². The lowest BCUT2D eigenvalue weighted by molar-refractivity contribution is -0.117. The van der Waals surface area contributed by atoms with Crippen molar-refractivity contribution in [3.05, 3.63) is 53.4 Å². The number of hydrogen-bond donors (Lipinski definition) is 1. The van der Waals surface area contributed by atoms with E-state index in [-0.39, 0.29) is 5.91 Å². The molecule has 1 aliphatic rings. The number of hydrogen-bond acceptors (Lipinski definition) is 5. The highest BCUT2D eigenvalue weighted by atomic mass is 35.5. The predicted molar refractivity (Wildman–Crippen MR) is 109 cm³/mol. The van der Waals surface area contributed by atoms with Gasteiger partial charge in [-0.2, -0.15) is 0 Å². The molecular formula is C21H22ClN3O3. The van der Waals surface area contributed by atoms with Gasteiger partial charge in [-0.1, -0.05) is 23.7 Å². The van der Waals surface area contributed by atoms with Crippen LogP contribution in [0.4, 0.5) is 5.69 Å². The molecule has 0 radical (unpaired) electrons. The summed E-state index contributed by atoms with van der Waals surface area (Å²) in [6.45, 7) is 1.98. The number of amides is 1. The minimum absolute atomic E-state index is 0.0825. The lowest BCUT2D eigenvalue weighted by Gasteiger charge is -2.29. The Morgan fingerprint density at radius 3 is 2.82 bits per heavy atom. The summed E-state index contributed by atoms with van der Waals surface area (Å²) >= 11 is 6.02. The number of oxazole rings is 1. The number of carbonyl (C=O) groups is 1. The number of halogens is 1. The highest BCUT2D eigenvalue weighted by Crippen LogP contribution is 2.30. The van der Waals surface area contributed by atoms with Crippen molar-refractivity contribution in [2.45, 2.75) is 18.8 Å². The van der Waals surface area contributed by atoms with Crippen molar-refractivity contribution < 1.29 is 13.9 Å². The molecule has 6 nitrogen and oxygen atoms in total. The number of ether oxygens (including phenoxy) is 1. The summed E-state index contributed by atoms with van der Waals surface area (Å²) in [6, 6.07) is 13.0. The average molecular weight is 400 g/mol. The molecule has 0 bridgehead atoms. The second kappa shape index (κ2) is 8.20. The lowest BCUT2D eigenvalue weighted by atomic mass is 9.97. The van der Waals surface area contributed by atoms with Gasteiger partial charge >= 0.3 is 0 Å². The molecule has 4 rings (SSSR count). The standard InChI is InChI=1S/C21H22ClN3O3/c1-27-18-7-6-15(22)12-17(18)23-20(26)13-25-10-8-14(9-11-25)21-24-16-4-2-3-5-19(16)28-21/h2-7,12,14H,8-11,13H2,1H3,(H,23,26). The third-order valence-corrected chi connectivity index (χ3v) is 5.29. The Hall–Kier alpha value is -2.57. The topological polar surface area (TPSA) is 67.6 Å². The Kier molecular flexibility index (Phi) is 5.50. The first kappa shape index (κ1) is 18.8. The van der Waals surface area contributed by atoms with Crippen molar-refractivity contribution in [3.8, 4) is 5.75 Å². The Balaban J connectivity index is 1.33. The van der Waals surface area contributed by atoms with Crippen LogP contribution in [0.15, 0.2) is 46.9 Å². The molecule has 28 heavy (non-hydrogen) atoms. The number of aromatic nitrogens is 1. The van der Waals surface area contributed by atoms with Gasteiger partial charge in [0.25, 0.3) is 0 Å². The van der Waals surface area contributed by atoms with E-state index in [0.717, 1.165) is 42.9 Å². The molecule has 2 aromatic carbocycles. The van der Waals surface area contributed by atoms with Crippen LogP contribution >= 0.6 is 11.6 Å². The quantitative estimate of drug-likeness (QED) is 0.692. The number of rotatable bonds is 5. The monoisotopic (exact) mass is 399 g/mol. The van der Waals surface area contributed by atoms with Gasteiger partial charge in [0.2, 0.25) is 5.91 Å². The largest absolute Gasteiger partial charge is 0.495 e. The highest BCUT2D eigenvalue weighted by Gasteiger charge is 2.25. The Morgan fingerprint density at radius 1 is 1.29 bits per heavy atom. The van der Waals surface area contributed by atoms with Crippen molar-refractivity contribution in [1.29, 1.82) is 0 Å². The van der Waals surface area contributed by atoms with Gasteiger partial charge in [0, 0.05) is 10.9 Å². The molecule has 0 atom stereocenters. The van der Waals surface area contributed by atoms with Crippen molar-refractivity contribution in [1.82, 2.24) is 9.88 Å². The van der Waals surface area contributed by atoms with Crippen molar-refractivity contribution >= 4 is 34.3 Å². The maximum absolute atomic E-state index is 12.4. The van der Waals surface area contributed by atoms with E-state index in [4.69, 9.17) is 20.8 Å². The average Bonchev–Trinajstić information content (AvgIpc) is 3.13. The van der Waals surface area contributed by atoms with Gasteiger partial charge in [0.05, 0.1) is 19.3 Å². The molecule has 1 aromatic heterocycles. The van der Waals surface area contributed by atoms with Crippen LogP contribution in [0.25, 0.3) is 11.1 Å². The molecule has 2 heterocycles. The number of para-hydroxylation sites is 2. The summed E-state index contributed by atoms with van der Waals surface area (Å²) < 4.78 is 11.2. The van der Waals surface area contributed by atoms with E-state index in [1.54, 1.807) is 25.3 Å². The maximum Gasteiger partial charge on any atom is 0.238 e. The number of methoxy groups -OCH3 is 1. The zero-order valence-corrected chi connectivity index (χ0v) is 16.4. The van der Waals surface area contributed by atoms with Crippen LogP contribution in [0.3, 0.4) is 0 Å². The van der Waals surface area contributed by atoms with Crippen LogP contribution in [-0.4, -0.2) is 42.5 Å². The molecule has 0 spiro atoms. The van der Waals surface area contributed by atoms with Crippen LogP contribution in [0, 0.1) is 0 Å². The number of likely N-dealkylation sites (tertiary alicyclic amines) is 1. The number of fused-ring (bicyclic) bond motifs is 1. The van der Waals surface area contributed by atoms with E-state index in [1.165, 1.54) is 0 Å². The maximum atomic E-state index is 12.4. The fourth-order valence-corrected chi connectivity index (χ4v) is 3.75. The van der Waals surface area contributed by atoms with E-state index >= 15 is 0 Å². The molecule has 3 aromatic rings. The summed E-state index contributed by atoms with van der Waals surface area (Å²) in [5.74, 6) is 1.60. The zero-order valence-electron chi connectivity index (χ0n) is 15.7. The van der Waals surface area contributed by atoms with E-state index in [2.05, 4.69) is 15.2 Å². The van der Waals surface area contributed by atoms with Crippen LogP contribution < -0.4 is 10.1 Å². The summed E-state index contributed by atoms with van der Waals surface area (Å²) in [5.41, 5.74) is 2.31. The molecule has 1 amide bonds. The second-order valence-corrected chi connectivity index (χ2v) is 7.40. The number of piperidine rings is 1. The SMILES string of the molecule is COc1ccc(Cl)cc1NC(=O)CN1CCC(c2nc3ccccc3o2)CC1. The first-order valence-electron chi connectivity index (χ1n) is 9.33. The molecular weight excluding hydrogens is 378 g/mol. The Morgan fingerprint density at radius 2 is 2.07 bits per heavy atom. The summed E-state index contributed by atoms with van der Waals surface area (Å²) in [4.78, 5) is 19.2. The van der Waals surface area contributed by atoms with Crippen molar-refractivity contribution in [3.63, 3.8) is 0 Å².